The van der Waals surface area contributed by atoms with Gasteiger partial charge in [-0.2, -0.15) is 0 Å². The summed E-state index contributed by atoms with van der Waals surface area (Å²) in [6.45, 7) is 3.10. The second kappa shape index (κ2) is 3.84. The predicted molar refractivity (Wildman–Crippen MR) is 51.5 cm³/mol. The molecule has 1 saturated heterocycles. The number of amides is 1. The van der Waals surface area contributed by atoms with Gasteiger partial charge in [-0.25, -0.2) is 0 Å². The Kier molecular flexibility index (Phi) is 2.54. The molecular formula is C10H13N2O2. The van der Waals surface area contributed by atoms with E-state index >= 15 is 0 Å². The maximum Gasteiger partial charge on any atom is 0.289 e. The van der Waals surface area contributed by atoms with E-state index in [4.69, 9.17) is 4.42 Å². The molecule has 0 saturated carbocycles. The van der Waals surface area contributed by atoms with Crippen LogP contribution in [0.5, 0.6) is 0 Å². The van der Waals surface area contributed by atoms with E-state index < -0.39 is 0 Å². The minimum Gasteiger partial charge on any atom is -0.459 e. The molecule has 14 heavy (non-hydrogen) atoms. The summed E-state index contributed by atoms with van der Waals surface area (Å²) in [6, 6.07) is 3.42. The van der Waals surface area contributed by atoms with Gasteiger partial charge in [0.2, 0.25) is 0 Å². The Morgan fingerprint density at radius 2 is 2.07 bits per heavy atom. The Hall–Kier alpha value is -1.29. The molecule has 0 aliphatic carbocycles. The van der Waals surface area contributed by atoms with Gasteiger partial charge < -0.3 is 9.32 Å². The van der Waals surface area contributed by atoms with Crippen LogP contribution < -0.4 is 0 Å². The van der Waals surface area contributed by atoms with Gasteiger partial charge in [0, 0.05) is 33.2 Å². The van der Waals surface area contributed by atoms with Crippen molar-refractivity contribution >= 4 is 5.91 Å². The number of rotatable bonds is 1. The summed E-state index contributed by atoms with van der Waals surface area (Å²) in [4.78, 5) is 15.5. The van der Waals surface area contributed by atoms with Gasteiger partial charge in [0.05, 0.1) is 6.26 Å². The van der Waals surface area contributed by atoms with Crippen molar-refractivity contribution in [2.75, 3.05) is 26.2 Å². The van der Waals surface area contributed by atoms with Crippen LogP contribution in [0.2, 0.25) is 0 Å². The van der Waals surface area contributed by atoms with Crippen LogP contribution >= 0.6 is 0 Å². The molecule has 0 N–H and O–H groups in total. The summed E-state index contributed by atoms with van der Waals surface area (Å²) >= 11 is 0. The van der Waals surface area contributed by atoms with Gasteiger partial charge in [-0.05, 0) is 12.1 Å². The monoisotopic (exact) mass is 193 g/mol. The van der Waals surface area contributed by atoms with Crippen LogP contribution in [0.1, 0.15) is 10.6 Å². The molecule has 1 radical (unpaired) electrons. The molecule has 1 aliphatic heterocycles. The average Bonchev–Trinajstić information content (AvgIpc) is 2.71. The topological polar surface area (TPSA) is 36.7 Å². The van der Waals surface area contributed by atoms with Gasteiger partial charge in [0.1, 0.15) is 0 Å². The molecule has 75 valence electrons. The van der Waals surface area contributed by atoms with Crippen molar-refractivity contribution in [2.24, 2.45) is 0 Å². The predicted octanol–water partition coefficient (Wildman–Crippen LogP) is 0.829. The van der Waals surface area contributed by atoms with E-state index in [1.165, 1.54) is 6.26 Å². The van der Waals surface area contributed by atoms with E-state index in [-0.39, 0.29) is 5.91 Å². The van der Waals surface area contributed by atoms with Crippen molar-refractivity contribution in [1.29, 1.82) is 0 Å². The SMILES string of the molecule is [CH2]N1CCN(C(=O)c2ccco2)CC1. The molecule has 0 atom stereocenters. The van der Waals surface area contributed by atoms with Gasteiger partial charge in [-0.3, -0.25) is 9.69 Å². The highest BCUT2D eigenvalue weighted by Crippen LogP contribution is 2.08. The van der Waals surface area contributed by atoms with Crippen LogP contribution in [0.3, 0.4) is 0 Å². The first kappa shape index (κ1) is 9.27. The average molecular weight is 193 g/mol. The highest BCUT2D eigenvalue weighted by molar-refractivity contribution is 5.91. The molecule has 0 spiro atoms. The normalized spacial score (nSPS) is 18.5. The zero-order valence-electron chi connectivity index (χ0n) is 7.98. The first-order chi connectivity index (χ1) is 6.77. The molecule has 4 nitrogen and oxygen atoms in total. The maximum absolute atomic E-state index is 11.8. The van der Waals surface area contributed by atoms with E-state index in [1.54, 1.807) is 17.0 Å². The molecule has 2 rings (SSSR count). The standard InChI is InChI=1S/C10H13N2O2/c1-11-4-6-12(7-5-11)10(13)9-3-2-8-14-9/h2-3,8H,1,4-7H2. The Bertz CT molecular complexity index is 300. The third kappa shape index (κ3) is 1.80. The van der Waals surface area contributed by atoms with E-state index in [2.05, 4.69) is 7.05 Å². The fourth-order valence-corrected chi connectivity index (χ4v) is 1.51. The van der Waals surface area contributed by atoms with Crippen LogP contribution in [0, 0.1) is 7.05 Å². The second-order valence-corrected chi connectivity index (χ2v) is 3.39. The lowest BCUT2D eigenvalue weighted by Crippen LogP contribution is -2.46. The second-order valence-electron chi connectivity index (χ2n) is 3.39. The minimum atomic E-state index is -0.0249. The summed E-state index contributed by atoms with van der Waals surface area (Å²) < 4.78 is 5.05. The molecular weight excluding hydrogens is 180 g/mol. The summed E-state index contributed by atoms with van der Waals surface area (Å²) in [6.07, 6.45) is 1.52. The Morgan fingerprint density at radius 1 is 1.36 bits per heavy atom. The minimum absolute atomic E-state index is 0.0249. The number of carbonyl (C=O) groups is 1. The third-order valence-electron chi connectivity index (χ3n) is 2.39. The number of furan rings is 1. The molecule has 0 bridgehead atoms. The number of nitrogens with zero attached hydrogens (tertiary/aromatic N) is 2. The van der Waals surface area contributed by atoms with E-state index in [0.717, 1.165) is 26.2 Å². The van der Waals surface area contributed by atoms with Crippen LogP contribution in [0.4, 0.5) is 0 Å². The van der Waals surface area contributed by atoms with Crippen LogP contribution in [-0.4, -0.2) is 41.9 Å². The summed E-state index contributed by atoms with van der Waals surface area (Å²) in [5, 5.41) is 0. The zero-order valence-corrected chi connectivity index (χ0v) is 7.98. The lowest BCUT2D eigenvalue weighted by Gasteiger charge is -2.31. The lowest BCUT2D eigenvalue weighted by atomic mass is 10.3. The molecule has 1 aliphatic rings. The third-order valence-corrected chi connectivity index (χ3v) is 2.39. The molecule has 1 aromatic rings. The Balaban J connectivity index is 1.99. The Labute approximate surface area is 83.1 Å². The molecule has 0 unspecified atom stereocenters. The highest BCUT2D eigenvalue weighted by Gasteiger charge is 2.21. The van der Waals surface area contributed by atoms with Crippen molar-refractivity contribution in [1.82, 2.24) is 9.80 Å². The van der Waals surface area contributed by atoms with E-state index in [9.17, 15) is 4.79 Å². The number of hydrogen-bond acceptors (Lipinski definition) is 3. The zero-order chi connectivity index (χ0) is 9.97. The molecule has 1 aromatic heterocycles. The first-order valence-corrected chi connectivity index (χ1v) is 4.65. The van der Waals surface area contributed by atoms with Gasteiger partial charge in [0.25, 0.3) is 5.91 Å². The fourth-order valence-electron chi connectivity index (χ4n) is 1.51. The van der Waals surface area contributed by atoms with E-state index in [0.29, 0.717) is 5.76 Å². The lowest BCUT2D eigenvalue weighted by molar-refractivity contribution is 0.0645. The summed E-state index contributed by atoms with van der Waals surface area (Å²) in [5.74, 6) is 0.394. The molecule has 0 aromatic carbocycles. The fraction of sp³-hybridized carbons (Fsp3) is 0.400. The molecule has 2 heterocycles. The van der Waals surface area contributed by atoms with Crippen molar-refractivity contribution in [3.8, 4) is 0 Å². The van der Waals surface area contributed by atoms with Crippen LogP contribution in [0.25, 0.3) is 0 Å². The molecule has 1 fully saturated rings. The van der Waals surface area contributed by atoms with Crippen LogP contribution in [0.15, 0.2) is 22.8 Å². The maximum atomic E-state index is 11.8. The molecule has 4 heteroatoms. The Morgan fingerprint density at radius 3 is 2.64 bits per heavy atom. The molecule has 1 amide bonds. The summed E-state index contributed by atoms with van der Waals surface area (Å²) in [5.41, 5.74) is 0. The van der Waals surface area contributed by atoms with Gasteiger partial charge in [0.15, 0.2) is 5.76 Å². The number of piperazine rings is 1. The van der Waals surface area contributed by atoms with Gasteiger partial charge >= 0.3 is 0 Å². The number of carbonyl (C=O) groups excluding carboxylic acids is 1. The van der Waals surface area contributed by atoms with Crippen molar-refractivity contribution in [2.45, 2.75) is 0 Å². The smallest absolute Gasteiger partial charge is 0.289 e. The largest absolute Gasteiger partial charge is 0.459 e. The number of hydrogen-bond donors (Lipinski definition) is 0. The van der Waals surface area contributed by atoms with Crippen LogP contribution in [-0.2, 0) is 0 Å². The quantitative estimate of drug-likeness (QED) is 0.662. The van der Waals surface area contributed by atoms with Crippen molar-refractivity contribution < 1.29 is 9.21 Å². The highest BCUT2D eigenvalue weighted by atomic mass is 16.3. The van der Waals surface area contributed by atoms with Crippen molar-refractivity contribution in [3.63, 3.8) is 0 Å². The summed E-state index contributed by atoms with van der Waals surface area (Å²) in [7, 11) is 3.83. The van der Waals surface area contributed by atoms with Gasteiger partial charge in [-0.1, -0.05) is 0 Å². The van der Waals surface area contributed by atoms with Crippen molar-refractivity contribution in [3.05, 3.63) is 31.2 Å². The first-order valence-electron chi connectivity index (χ1n) is 4.65. The van der Waals surface area contributed by atoms with Gasteiger partial charge in [-0.15, -0.1) is 0 Å². The van der Waals surface area contributed by atoms with E-state index in [1.807, 2.05) is 4.90 Å².